The molecule has 1 unspecified atom stereocenters. The first kappa shape index (κ1) is 13.1. The topological polar surface area (TPSA) is 68.5 Å². The maximum atomic E-state index is 4.32. The van der Waals surface area contributed by atoms with Crippen LogP contribution in [0.4, 0.5) is 0 Å². The van der Waals surface area contributed by atoms with Crippen LogP contribution in [-0.4, -0.2) is 30.1 Å². The lowest BCUT2D eigenvalue weighted by Gasteiger charge is -2.15. The molecule has 2 rings (SSSR count). The largest absolute Gasteiger partial charge is 0.308 e. The Hall–Kier alpha value is -1.34. The molecule has 0 amide bonds. The van der Waals surface area contributed by atoms with E-state index >= 15 is 0 Å². The van der Waals surface area contributed by atoms with Gasteiger partial charge in [-0.3, -0.25) is 4.68 Å². The van der Waals surface area contributed by atoms with E-state index in [1.54, 1.807) is 6.33 Å². The first-order valence-corrected chi connectivity index (χ1v) is 6.95. The Balaban J connectivity index is 2.10. The normalized spacial score (nSPS) is 12.8. The summed E-state index contributed by atoms with van der Waals surface area (Å²) in [7, 11) is 0. The monoisotopic (exact) mass is 266 g/mol. The second kappa shape index (κ2) is 6.55. The van der Waals surface area contributed by atoms with Crippen molar-refractivity contribution in [1.82, 2.24) is 28.8 Å². The summed E-state index contributed by atoms with van der Waals surface area (Å²) in [4.78, 5) is 4.31. The molecule has 2 aromatic heterocycles. The van der Waals surface area contributed by atoms with Gasteiger partial charge in [-0.05, 0) is 19.9 Å². The fraction of sp³-hybridized carbons (Fsp3) is 0.636. The van der Waals surface area contributed by atoms with Gasteiger partial charge in [0.2, 0.25) is 0 Å². The zero-order valence-electron chi connectivity index (χ0n) is 10.7. The fourth-order valence-corrected chi connectivity index (χ4v) is 2.29. The molecule has 0 saturated heterocycles. The predicted octanol–water partition coefficient (Wildman–Crippen LogP) is 1.43. The Labute approximate surface area is 111 Å². The van der Waals surface area contributed by atoms with Gasteiger partial charge in [0, 0.05) is 13.0 Å². The number of hydrogen-bond acceptors (Lipinski definition) is 6. The summed E-state index contributed by atoms with van der Waals surface area (Å²) < 4.78 is 10.3. The summed E-state index contributed by atoms with van der Waals surface area (Å²) in [5.74, 6) is 0.985. The van der Waals surface area contributed by atoms with Crippen molar-refractivity contribution in [2.24, 2.45) is 0 Å². The van der Waals surface area contributed by atoms with E-state index < -0.39 is 0 Å². The molecule has 7 heteroatoms. The third-order valence-electron chi connectivity index (χ3n) is 2.76. The fourth-order valence-electron chi connectivity index (χ4n) is 1.82. The van der Waals surface area contributed by atoms with Gasteiger partial charge >= 0.3 is 0 Å². The van der Waals surface area contributed by atoms with Crippen LogP contribution in [-0.2, 0) is 13.0 Å². The first-order chi connectivity index (χ1) is 8.85. The highest BCUT2D eigenvalue weighted by Gasteiger charge is 2.17. The number of hydrogen-bond donors (Lipinski definition) is 1. The second-order valence-corrected chi connectivity index (χ2v) is 4.59. The highest BCUT2D eigenvalue weighted by atomic mass is 32.1. The number of aryl methyl sites for hydroxylation is 1. The second-order valence-electron chi connectivity index (χ2n) is 4.04. The average molecular weight is 266 g/mol. The molecule has 0 aliphatic rings. The smallest absolute Gasteiger partial charge is 0.138 e. The molecule has 0 spiro atoms. The average Bonchev–Trinajstić information content (AvgIpc) is 3.04. The molecule has 2 heterocycles. The van der Waals surface area contributed by atoms with Gasteiger partial charge in [-0.25, -0.2) is 4.98 Å². The van der Waals surface area contributed by atoms with Crippen molar-refractivity contribution < 1.29 is 0 Å². The highest BCUT2D eigenvalue weighted by molar-refractivity contribution is 6.99. The molecule has 0 fully saturated rings. The van der Waals surface area contributed by atoms with Gasteiger partial charge in [-0.1, -0.05) is 6.92 Å². The van der Waals surface area contributed by atoms with E-state index in [-0.39, 0.29) is 6.04 Å². The third kappa shape index (κ3) is 3.11. The zero-order valence-corrected chi connectivity index (χ0v) is 11.5. The molecule has 1 atom stereocenters. The quantitative estimate of drug-likeness (QED) is 0.821. The van der Waals surface area contributed by atoms with Crippen molar-refractivity contribution in [3.05, 3.63) is 24.0 Å². The summed E-state index contributed by atoms with van der Waals surface area (Å²) in [6.07, 6.45) is 5.31. The summed E-state index contributed by atoms with van der Waals surface area (Å²) in [5, 5.41) is 7.68. The molecule has 0 radical (unpaired) electrons. The van der Waals surface area contributed by atoms with Crippen LogP contribution in [0.5, 0.6) is 0 Å². The van der Waals surface area contributed by atoms with E-state index in [0.29, 0.717) is 0 Å². The lowest BCUT2D eigenvalue weighted by Crippen LogP contribution is -2.25. The van der Waals surface area contributed by atoms with Crippen LogP contribution in [0, 0.1) is 0 Å². The van der Waals surface area contributed by atoms with Crippen LogP contribution in [0.15, 0.2) is 12.5 Å². The molecule has 2 aromatic rings. The summed E-state index contributed by atoms with van der Waals surface area (Å²) in [6.45, 7) is 6.02. The molecule has 98 valence electrons. The molecule has 18 heavy (non-hydrogen) atoms. The van der Waals surface area contributed by atoms with Crippen molar-refractivity contribution >= 4 is 11.7 Å². The first-order valence-electron chi connectivity index (χ1n) is 6.22. The molecule has 0 aromatic carbocycles. The zero-order chi connectivity index (χ0) is 12.8. The van der Waals surface area contributed by atoms with Crippen molar-refractivity contribution in [1.29, 1.82) is 0 Å². The van der Waals surface area contributed by atoms with Crippen LogP contribution >= 0.6 is 11.7 Å². The number of nitrogens with one attached hydrogen (secondary N) is 1. The van der Waals surface area contributed by atoms with Gasteiger partial charge in [0.05, 0.1) is 29.7 Å². The molecular formula is C11H18N6S. The Kier molecular flexibility index (Phi) is 4.77. The number of nitrogens with zero attached hydrogens (tertiary/aromatic N) is 5. The molecule has 6 nitrogen and oxygen atoms in total. The van der Waals surface area contributed by atoms with Crippen LogP contribution < -0.4 is 5.32 Å². The minimum absolute atomic E-state index is 0.165. The van der Waals surface area contributed by atoms with E-state index in [4.69, 9.17) is 0 Å². The van der Waals surface area contributed by atoms with Crippen molar-refractivity contribution in [2.45, 2.75) is 39.3 Å². The van der Waals surface area contributed by atoms with Gasteiger partial charge in [0.25, 0.3) is 0 Å². The van der Waals surface area contributed by atoms with Crippen molar-refractivity contribution in [3.63, 3.8) is 0 Å². The minimum atomic E-state index is 0.165. The van der Waals surface area contributed by atoms with E-state index in [1.165, 1.54) is 11.7 Å². The van der Waals surface area contributed by atoms with E-state index in [0.717, 1.165) is 37.4 Å². The summed E-state index contributed by atoms with van der Waals surface area (Å²) in [6, 6.07) is 0.165. The van der Waals surface area contributed by atoms with E-state index in [1.807, 2.05) is 10.9 Å². The van der Waals surface area contributed by atoms with E-state index in [2.05, 4.69) is 38.0 Å². The number of aromatic nitrogens is 5. The van der Waals surface area contributed by atoms with Gasteiger partial charge in [-0.15, -0.1) is 0 Å². The third-order valence-corrected chi connectivity index (χ3v) is 3.25. The standard InChI is InChI=1S/C11H18N6S/c1-3-5-12-9(10-7-15-18-16-10)6-11-13-8-14-17(11)4-2/h7-9,12H,3-6H2,1-2H3. The molecule has 0 aliphatic heterocycles. The van der Waals surface area contributed by atoms with Crippen LogP contribution in [0.1, 0.15) is 37.8 Å². The van der Waals surface area contributed by atoms with Gasteiger partial charge in [0.15, 0.2) is 0 Å². The number of rotatable bonds is 7. The van der Waals surface area contributed by atoms with Gasteiger partial charge in [0.1, 0.15) is 12.2 Å². The van der Waals surface area contributed by atoms with Crippen LogP contribution in [0.3, 0.4) is 0 Å². The molecule has 1 N–H and O–H groups in total. The van der Waals surface area contributed by atoms with Gasteiger partial charge < -0.3 is 5.32 Å². The Morgan fingerprint density at radius 3 is 3.00 bits per heavy atom. The van der Waals surface area contributed by atoms with Crippen LogP contribution in [0.25, 0.3) is 0 Å². The SMILES string of the molecule is CCCNC(Cc1ncnn1CC)c1cnsn1. The Morgan fingerprint density at radius 2 is 2.33 bits per heavy atom. The lowest BCUT2D eigenvalue weighted by molar-refractivity contribution is 0.490. The Bertz CT molecular complexity index is 452. The maximum Gasteiger partial charge on any atom is 0.138 e. The van der Waals surface area contributed by atoms with Crippen molar-refractivity contribution in [2.75, 3.05) is 6.54 Å². The predicted molar refractivity (Wildman–Crippen MR) is 70.3 cm³/mol. The highest BCUT2D eigenvalue weighted by Crippen LogP contribution is 2.15. The lowest BCUT2D eigenvalue weighted by atomic mass is 10.1. The molecule has 0 bridgehead atoms. The van der Waals surface area contributed by atoms with Crippen LogP contribution in [0.2, 0.25) is 0 Å². The minimum Gasteiger partial charge on any atom is -0.308 e. The van der Waals surface area contributed by atoms with Crippen molar-refractivity contribution in [3.8, 4) is 0 Å². The Morgan fingerprint density at radius 1 is 1.44 bits per heavy atom. The summed E-state index contributed by atoms with van der Waals surface area (Å²) >= 11 is 1.24. The summed E-state index contributed by atoms with van der Waals surface area (Å²) in [5.41, 5.74) is 0.985. The maximum absolute atomic E-state index is 4.32. The van der Waals surface area contributed by atoms with Gasteiger partial charge in [-0.2, -0.15) is 13.8 Å². The molecule has 0 aliphatic carbocycles. The van der Waals surface area contributed by atoms with E-state index in [9.17, 15) is 0 Å². The molecular weight excluding hydrogens is 248 g/mol. The molecule has 0 saturated carbocycles.